The van der Waals surface area contributed by atoms with Crippen LogP contribution in [0, 0.1) is 0 Å². The van der Waals surface area contributed by atoms with Crippen molar-refractivity contribution < 1.29 is 9.21 Å². The zero-order valence-electron chi connectivity index (χ0n) is 11.3. The van der Waals surface area contributed by atoms with Gasteiger partial charge >= 0.3 is 0 Å². The van der Waals surface area contributed by atoms with Gasteiger partial charge in [0.25, 0.3) is 5.91 Å². The van der Waals surface area contributed by atoms with Crippen molar-refractivity contribution in [3.8, 4) is 0 Å². The first-order valence-corrected chi connectivity index (χ1v) is 7.38. The molecule has 1 atom stereocenters. The third kappa shape index (κ3) is 4.07. The van der Waals surface area contributed by atoms with E-state index in [1.807, 2.05) is 18.8 Å². The summed E-state index contributed by atoms with van der Waals surface area (Å²) in [5.41, 5.74) is 6.04. The summed E-state index contributed by atoms with van der Waals surface area (Å²) in [6.07, 6.45) is 2.48. The number of thioether (sulfide) groups is 1. The Hall–Kier alpha value is -0.940. The predicted octanol–water partition coefficient (Wildman–Crippen LogP) is 2.34. The summed E-state index contributed by atoms with van der Waals surface area (Å²) in [7, 11) is 1.83. The molecule has 0 bridgehead atoms. The number of nitrogens with zero attached hydrogens (tertiary/aromatic N) is 1. The van der Waals surface area contributed by atoms with E-state index in [2.05, 4.69) is 13.8 Å². The van der Waals surface area contributed by atoms with Crippen LogP contribution in [0.25, 0.3) is 0 Å². The number of hydrogen-bond acceptors (Lipinski definition) is 4. The summed E-state index contributed by atoms with van der Waals surface area (Å²) in [4.78, 5) is 13.9. The molecule has 4 nitrogen and oxygen atoms in total. The number of hydrogen-bond donors (Lipinski definition) is 1. The number of nitrogens with two attached hydrogens (primary N) is 1. The highest BCUT2D eigenvalue weighted by atomic mass is 32.2. The van der Waals surface area contributed by atoms with Gasteiger partial charge in [-0.15, -0.1) is 0 Å². The molecule has 18 heavy (non-hydrogen) atoms. The standard InChI is InChI=1S/C13H22N2O2S/c1-4-18-6-5-10(2)15(3)13(16)11-7-12(8-14)17-9-11/h7,9-10H,4-6,8,14H2,1-3H3. The highest BCUT2D eigenvalue weighted by Crippen LogP contribution is 2.14. The molecule has 0 spiro atoms. The maximum Gasteiger partial charge on any atom is 0.257 e. The number of carbonyl (C=O) groups excluding carboxylic acids is 1. The summed E-state index contributed by atoms with van der Waals surface area (Å²) in [6, 6.07) is 1.94. The van der Waals surface area contributed by atoms with Crippen molar-refractivity contribution in [1.29, 1.82) is 0 Å². The van der Waals surface area contributed by atoms with Crippen molar-refractivity contribution >= 4 is 17.7 Å². The van der Waals surface area contributed by atoms with E-state index < -0.39 is 0 Å². The van der Waals surface area contributed by atoms with Crippen LogP contribution in [0.2, 0.25) is 0 Å². The number of amides is 1. The van der Waals surface area contributed by atoms with Crippen LogP contribution in [0.15, 0.2) is 16.7 Å². The molecule has 0 aliphatic heterocycles. The second kappa shape index (κ2) is 7.48. The maximum atomic E-state index is 12.2. The second-order valence-corrected chi connectivity index (χ2v) is 5.65. The lowest BCUT2D eigenvalue weighted by Gasteiger charge is -2.24. The Bertz CT molecular complexity index is 379. The van der Waals surface area contributed by atoms with E-state index in [1.165, 1.54) is 6.26 Å². The average molecular weight is 270 g/mol. The Kier molecular flexibility index (Phi) is 6.29. The molecule has 1 unspecified atom stereocenters. The molecule has 5 heteroatoms. The van der Waals surface area contributed by atoms with Gasteiger partial charge in [-0.3, -0.25) is 4.79 Å². The molecular weight excluding hydrogens is 248 g/mol. The summed E-state index contributed by atoms with van der Waals surface area (Å²) < 4.78 is 5.19. The van der Waals surface area contributed by atoms with Crippen LogP contribution in [-0.4, -0.2) is 35.4 Å². The average Bonchev–Trinajstić information content (AvgIpc) is 2.85. The molecule has 2 N–H and O–H groups in total. The quantitative estimate of drug-likeness (QED) is 0.773. The van der Waals surface area contributed by atoms with Crippen molar-refractivity contribution in [2.24, 2.45) is 5.73 Å². The lowest BCUT2D eigenvalue weighted by Crippen LogP contribution is -2.35. The van der Waals surface area contributed by atoms with E-state index in [1.54, 1.807) is 11.0 Å². The molecule has 0 saturated carbocycles. The molecule has 0 saturated heterocycles. The Morgan fingerprint density at radius 3 is 2.89 bits per heavy atom. The molecule has 0 aromatic carbocycles. The van der Waals surface area contributed by atoms with E-state index >= 15 is 0 Å². The third-order valence-corrected chi connectivity index (χ3v) is 3.90. The van der Waals surface area contributed by atoms with Gasteiger partial charge in [-0.05, 0) is 30.9 Å². The van der Waals surface area contributed by atoms with Crippen LogP contribution in [0.4, 0.5) is 0 Å². The van der Waals surface area contributed by atoms with E-state index in [9.17, 15) is 4.79 Å². The summed E-state index contributed by atoms with van der Waals surface area (Å²) in [5.74, 6) is 2.83. The van der Waals surface area contributed by atoms with Gasteiger partial charge < -0.3 is 15.1 Å². The SMILES string of the molecule is CCSCCC(C)N(C)C(=O)c1coc(CN)c1. The molecule has 0 fully saturated rings. The molecule has 0 aliphatic rings. The normalized spacial score (nSPS) is 12.4. The van der Waals surface area contributed by atoms with Gasteiger partial charge in [0.2, 0.25) is 0 Å². The lowest BCUT2D eigenvalue weighted by atomic mass is 10.2. The van der Waals surface area contributed by atoms with E-state index in [-0.39, 0.29) is 11.9 Å². The van der Waals surface area contributed by atoms with Crippen molar-refractivity contribution in [1.82, 2.24) is 4.90 Å². The molecule has 0 radical (unpaired) electrons. The van der Waals surface area contributed by atoms with Gasteiger partial charge in [-0.2, -0.15) is 11.8 Å². The minimum atomic E-state index is -0.00699. The molecule has 1 rings (SSSR count). The van der Waals surface area contributed by atoms with Gasteiger partial charge in [-0.1, -0.05) is 6.92 Å². The third-order valence-electron chi connectivity index (χ3n) is 2.97. The zero-order valence-corrected chi connectivity index (χ0v) is 12.1. The largest absolute Gasteiger partial charge is 0.467 e. The van der Waals surface area contributed by atoms with Gasteiger partial charge in [0, 0.05) is 13.1 Å². The molecule has 1 aromatic rings. The molecule has 1 heterocycles. The van der Waals surface area contributed by atoms with Gasteiger partial charge in [0.15, 0.2) is 0 Å². The molecule has 1 amide bonds. The second-order valence-electron chi connectivity index (χ2n) is 4.26. The minimum Gasteiger partial charge on any atom is -0.467 e. The van der Waals surface area contributed by atoms with Gasteiger partial charge in [0.1, 0.15) is 12.0 Å². The van der Waals surface area contributed by atoms with Crippen LogP contribution in [-0.2, 0) is 6.54 Å². The summed E-state index contributed by atoms with van der Waals surface area (Å²) in [5, 5.41) is 0. The molecule has 0 aliphatic carbocycles. The highest BCUT2D eigenvalue weighted by molar-refractivity contribution is 7.99. The Balaban J connectivity index is 2.54. The maximum absolute atomic E-state index is 12.2. The number of furan rings is 1. The first-order valence-electron chi connectivity index (χ1n) is 6.22. The number of rotatable bonds is 7. The number of carbonyl (C=O) groups is 1. The van der Waals surface area contributed by atoms with Crippen molar-refractivity contribution in [3.63, 3.8) is 0 Å². The van der Waals surface area contributed by atoms with Crippen LogP contribution in [0.5, 0.6) is 0 Å². The summed E-state index contributed by atoms with van der Waals surface area (Å²) in [6.45, 7) is 4.53. The predicted molar refractivity (Wildman–Crippen MR) is 75.8 cm³/mol. The van der Waals surface area contributed by atoms with Crippen LogP contribution < -0.4 is 5.73 Å². The van der Waals surface area contributed by atoms with Crippen LogP contribution >= 0.6 is 11.8 Å². The van der Waals surface area contributed by atoms with E-state index in [0.29, 0.717) is 17.9 Å². The van der Waals surface area contributed by atoms with Crippen molar-refractivity contribution in [2.45, 2.75) is 32.9 Å². The topological polar surface area (TPSA) is 59.5 Å². The van der Waals surface area contributed by atoms with Crippen LogP contribution in [0.1, 0.15) is 36.4 Å². The fourth-order valence-corrected chi connectivity index (χ4v) is 2.39. The molecule has 1 aromatic heterocycles. The van der Waals surface area contributed by atoms with Gasteiger partial charge in [0.05, 0.1) is 12.1 Å². The van der Waals surface area contributed by atoms with Crippen LogP contribution in [0.3, 0.4) is 0 Å². The monoisotopic (exact) mass is 270 g/mol. The van der Waals surface area contributed by atoms with Crippen molar-refractivity contribution in [3.05, 3.63) is 23.7 Å². The van der Waals surface area contributed by atoms with E-state index in [0.717, 1.165) is 17.9 Å². The first kappa shape index (κ1) is 15.1. The molecular formula is C13H22N2O2S. The Labute approximate surface area is 113 Å². The smallest absolute Gasteiger partial charge is 0.257 e. The minimum absolute atomic E-state index is 0.00699. The lowest BCUT2D eigenvalue weighted by molar-refractivity contribution is 0.0740. The zero-order chi connectivity index (χ0) is 13.5. The first-order chi connectivity index (χ1) is 8.60. The fourth-order valence-electron chi connectivity index (χ4n) is 1.60. The van der Waals surface area contributed by atoms with E-state index in [4.69, 9.17) is 10.2 Å². The summed E-state index contributed by atoms with van der Waals surface area (Å²) >= 11 is 1.90. The Morgan fingerprint density at radius 2 is 2.33 bits per heavy atom. The Morgan fingerprint density at radius 1 is 1.61 bits per heavy atom. The van der Waals surface area contributed by atoms with Gasteiger partial charge in [-0.25, -0.2) is 0 Å². The molecule has 102 valence electrons. The fraction of sp³-hybridized carbons (Fsp3) is 0.615. The highest BCUT2D eigenvalue weighted by Gasteiger charge is 2.18. The van der Waals surface area contributed by atoms with Crippen molar-refractivity contribution in [2.75, 3.05) is 18.6 Å².